The number of hydrogen-bond acceptors (Lipinski definition) is 6. The maximum atomic E-state index is 12.6. The number of pyridine rings is 1. The van der Waals surface area contributed by atoms with Crippen molar-refractivity contribution in [3.63, 3.8) is 0 Å². The number of amides is 1. The normalized spacial score (nSPS) is 16.7. The third-order valence-corrected chi connectivity index (χ3v) is 6.19. The molecule has 2 rings (SSSR count). The van der Waals surface area contributed by atoms with E-state index in [1.54, 1.807) is 32.5 Å². The first-order chi connectivity index (χ1) is 14.4. The van der Waals surface area contributed by atoms with Gasteiger partial charge in [0.2, 0.25) is 0 Å². The number of nitrogens with one attached hydrogen (secondary N) is 1. The summed E-state index contributed by atoms with van der Waals surface area (Å²) in [6.45, 7) is 10.8. The van der Waals surface area contributed by atoms with Gasteiger partial charge in [-0.2, -0.15) is 11.8 Å². The van der Waals surface area contributed by atoms with Gasteiger partial charge in [0.1, 0.15) is 17.2 Å². The molecule has 0 saturated heterocycles. The van der Waals surface area contributed by atoms with E-state index in [1.807, 2.05) is 33.0 Å². The maximum Gasteiger partial charge on any atom is 0.408 e. The fraction of sp³-hybridized carbons (Fsp3) is 0.708. The molecule has 1 aliphatic rings. The molecule has 1 aromatic rings. The number of alkyl carbamates (subject to hydrolysis) is 1. The van der Waals surface area contributed by atoms with Gasteiger partial charge in [0.15, 0.2) is 0 Å². The molecule has 174 valence electrons. The Balaban J connectivity index is 1.86. The van der Waals surface area contributed by atoms with Crippen LogP contribution in [0.4, 0.5) is 4.79 Å². The van der Waals surface area contributed by atoms with E-state index in [0.29, 0.717) is 6.42 Å². The summed E-state index contributed by atoms with van der Waals surface area (Å²) in [5, 5.41) is 2.69. The zero-order chi connectivity index (χ0) is 23.1. The number of esters is 1. The second-order valence-electron chi connectivity index (χ2n) is 10.2. The van der Waals surface area contributed by atoms with Gasteiger partial charge in [-0.3, -0.25) is 4.98 Å². The number of thioether (sulfide) groups is 1. The lowest BCUT2D eigenvalue weighted by atomic mass is 9.65. The third kappa shape index (κ3) is 8.71. The van der Waals surface area contributed by atoms with Crippen LogP contribution in [0.5, 0.6) is 0 Å². The summed E-state index contributed by atoms with van der Waals surface area (Å²) < 4.78 is 10.8. The molecular formula is C24H38N2O4S. The van der Waals surface area contributed by atoms with Crippen LogP contribution in [0.15, 0.2) is 24.4 Å². The van der Waals surface area contributed by atoms with E-state index in [9.17, 15) is 9.59 Å². The van der Waals surface area contributed by atoms with Gasteiger partial charge in [-0.25, -0.2) is 9.59 Å². The minimum Gasteiger partial charge on any atom is -0.458 e. The standard InChI is InChI=1S/C24H38N2O4S/c1-22(2,3)29-20(27)18(26-21(28)30-23(4,5)6)11-16-31-17-14-24(12-9-13-24)19-10-7-8-15-25-19/h7-8,10,15,18H,9,11-14,16-17H2,1-6H3,(H,26,28)/t18-/m0/s1. The van der Waals surface area contributed by atoms with E-state index in [2.05, 4.69) is 22.4 Å². The van der Waals surface area contributed by atoms with E-state index in [1.165, 1.54) is 25.0 Å². The Bertz CT molecular complexity index is 721. The number of carbonyl (C=O) groups is 2. The molecule has 0 aliphatic heterocycles. The minimum absolute atomic E-state index is 0.202. The molecule has 0 unspecified atom stereocenters. The molecule has 1 atom stereocenters. The van der Waals surface area contributed by atoms with Crippen molar-refractivity contribution >= 4 is 23.8 Å². The zero-order valence-electron chi connectivity index (χ0n) is 19.8. The van der Waals surface area contributed by atoms with Crippen molar-refractivity contribution in [3.05, 3.63) is 30.1 Å². The average Bonchev–Trinajstić information content (AvgIpc) is 2.60. The van der Waals surface area contributed by atoms with Crippen molar-refractivity contribution in [1.82, 2.24) is 10.3 Å². The molecule has 0 bridgehead atoms. The van der Waals surface area contributed by atoms with Crippen molar-refractivity contribution in [3.8, 4) is 0 Å². The van der Waals surface area contributed by atoms with Crippen molar-refractivity contribution in [2.75, 3.05) is 11.5 Å². The molecule has 1 N–H and O–H groups in total. The third-order valence-electron chi connectivity index (χ3n) is 5.18. The molecule has 31 heavy (non-hydrogen) atoms. The summed E-state index contributed by atoms with van der Waals surface area (Å²) in [6.07, 6.45) is 6.46. The number of carbonyl (C=O) groups excluding carboxylic acids is 2. The fourth-order valence-electron chi connectivity index (χ4n) is 3.56. The van der Waals surface area contributed by atoms with Gasteiger partial charge in [0, 0.05) is 17.3 Å². The van der Waals surface area contributed by atoms with E-state index >= 15 is 0 Å². The average molecular weight is 451 g/mol. The van der Waals surface area contributed by atoms with Crippen LogP contribution in [-0.4, -0.2) is 45.8 Å². The highest BCUT2D eigenvalue weighted by molar-refractivity contribution is 7.99. The van der Waals surface area contributed by atoms with Crippen LogP contribution < -0.4 is 5.32 Å². The van der Waals surface area contributed by atoms with Gasteiger partial charge in [-0.05, 0) is 90.9 Å². The Morgan fingerprint density at radius 2 is 1.77 bits per heavy atom. The summed E-state index contributed by atoms with van der Waals surface area (Å²) in [7, 11) is 0. The second-order valence-corrected chi connectivity index (χ2v) is 11.5. The van der Waals surface area contributed by atoms with Crippen LogP contribution in [0.2, 0.25) is 0 Å². The number of ether oxygens (including phenoxy) is 2. The molecule has 0 radical (unpaired) electrons. The van der Waals surface area contributed by atoms with Crippen LogP contribution >= 0.6 is 11.8 Å². The van der Waals surface area contributed by atoms with Crippen molar-refractivity contribution in [2.24, 2.45) is 0 Å². The number of hydrogen-bond donors (Lipinski definition) is 1. The zero-order valence-corrected chi connectivity index (χ0v) is 20.6. The van der Waals surface area contributed by atoms with Crippen molar-refractivity contribution < 1.29 is 19.1 Å². The molecule has 0 spiro atoms. The Labute approximate surface area is 191 Å². The van der Waals surface area contributed by atoms with Gasteiger partial charge in [0.25, 0.3) is 0 Å². The van der Waals surface area contributed by atoms with Crippen molar-refractivity contribution in [1.29, 1.82) is 0 Å². The Morgan fingerprint density at radius 1 is 1.10 bits per heavy atom. The first-order valence-corrected chi connectivity index (χ1v) is 12.3. The summed E-state index contributed by atoms with van der Waals surface area (Å²) in [5.41, 5.74) is 0.158. The molecule has 0 aromatic carbocycles. The molecule has 7 heteroatoms. The topological polar surface area (TPSA) is 77.5 Å². The maximum absolute atomic E-state index is 12.6. The highest BCUT2D eigenvalue weighted by Gasteiger charge is 2.39. The van der Waals surface area contributed by atoms with Gasteiger partial charge >= 0.3 is 12.1 Å². The molecule has 1 amide bonds. The molecular weight excluding hydrogens is 412 g/mol. The summed E-state index contributed by atoms with van der Waals surface area (Å²) in [5.74, 6) is 1.31. The lowest BCUT2D eigenvalue weighted by Crippen LogP contribution is -2.46. The van der Waals surface area contributed by atoms with E-state index < -0.39 is 29.3 Å². The molecule has 1 aromatic heterocycles. The Morgan fingerprint density at radius 3 is 2.29 bits per heavy atom. The van der Waals surface area contributed by atoms with Gasteiger partial charge in [0.05, 0.1) is 0 Å². The molecule has 1 saturated carbocycles. The lowest BCUT2D eigenvalue weighted by Gasteiger charge is -2.41. The fourth-order valence-corrected chi connectivity index (χ4v) is 4.70. The first kappa shape index (κ1) is 25.5. The highest BCUT2D eigenvalue weighted by Crippen LogP contribution is 2.46. The molecule has 1 heterocycles. The molecule has 1 aliphatic carbocycles. The van der Waals surface area contributed by atoms with Crippen molar-refractivity contribution in [2.45, 2.75) is 96.3 Å². The summed E-state index contributed by atoms with van der Waals surface area (Å²) >= 11 is 1.80. The van der Waals surface area contributed by atoms with Gasteiger partial charge in [-0.15, -0.1) is 0 Å². The Kier molecular flexibility index (Phi) is 8.81. The van der Waals surface area contributed by atoms with Crippen LogP contribution in [0.1, 0.15) is 79.3 Å². The monoisotopic (exact) mass is 450 g/mol. The van der Waals surface area contributed by atoms with Crippen LogP contribution in [0.25, 0.3) is 0 Å². The Hall–Kier alpha value is -1.76. The highest BCUT2D eigenvalue weighted by atomic mass is 32.2. The number of aromatic nitrogens is 1. The van der Waals surface area contributed by atoms with Gasteiger partial charge in [-0.1, -0.05) is 12.5 Å². The largest absolute Gasteiger partial charge is 0.458 e. The van der Waals surface area contributed by atoms with E-state index in [0.717, 1.165) is 17.9 Å². The molecule has 1 fully saturated rings. The van der Waals surface area contributed by atoms with Gasteiger partial charge < -0.3 is 14.8 Å². The van der Waals surface area contributed by atoms with Crippen LogP contribution in [0.3, 0.4) is 0 Å². The van der Waals surface area contributed by atoms with Crippen LogP contribution in [-0.2, 0) is 19.7 Å². The summed E-state index contributed by atoms with van der Waals surface area (Å²) in [4.78, 5) is 29.4. The predicted octanol–water partition coefficient (Wildman–Crippen LogP) is 5.25. The molecule has 6 nitrogen and oxygen atoms in total. The smallest absolute Gasteiger partial charge is 0.408 e. The van der Waals surface area contributed by atoms with Crippen LogP contribution in [0, 0.1) is 0 Å². The van der Waals surface area contributed by atoms with E-state index in [4.69, 9.17) is 9.47 Å². The number of nitrogens with zero attached hydrogens (tertiary/aromatic N) is 1. The second kappa shape index (κ2) is 10.7. The predicted molar refractivity (Wildman–Crippen MR) is 125 cm³/mol. The van der Waals surface area contributed by atoms with E-state index in [-0.39, 0.29) is 5.41 Å². The lowest BCUT2D eigenvalue weighted by molar-refractivity contribution is -0.157. The minimum atomic E-state index is -0.727. The number of rotatable bonds is 9. The SMILES string of the molecule is CC(C)(C)OC(=O)N[C@@H](CCSCCC1(c2ccccn2)CCC1)C(=O)OC(C)(C)C. The summed E-state index contributed by atoms with van der Waals surface area (Å²) in [6, 6.07) is 5.42. The quantitative estimate of drug-likeness (QED) is 0.409. The first-order valence-electron chi connectivity index (χ1n) is 11.1.